The van der Waals surface area contributed by atoms with Crippen molar-refractivity contribution in [1.29, 1.82) is 0 Å². The van der Waals surface area contributed by atoms with Gasteiger partial charge in [-0.2, -0.15) is 0 Å². The maximum Gasteiger partial charge on any atom is 0.123 e. The highest BCUT2D eigenvalue weighted by atomic mass is 19.1. The Morgan fingerprint density at radius 1 is 1.47 bits per heavy atom. The molecule has 17 heavy (non-hydrogen) atoms. The molecule has 2 aromatic rings. The highest BCUT2D eigenvalue weighted by molar-refractivity contribution is 5.83. The van der Waals surface area contributed by atoms with E-state index in [0.29, 0.717) is 10.9 Å². The zero-order chi connectivity index (χ0) is 12.4. The molecule has 0 aliphatic carbocycles. The van der Waals surface area contributed by atoms with Crippen molar-refractivity contribution < 1.29 is 9.50 Å². The predicted molar refractivity (Wildman–Crippen MR) is 66.1 cm³/mol. The summed E-state index contributed by atoms with van der Waals surface area (Å²) in [6.07, 6.45) is 2.59. The van der Waals surface area contributed by atoms with Crippen molar-refractivity contribution in [3.05, 3.63) is 35.8 Å². The van der Waals surface area contributed by atoms with E-state index in [-0.39, 0.29) is 11.9 Å². The molecule has 0 aliphatic rings. The van der Waals surface area contributed by atoms with E-state index in [1.807, 2.05) is 6.92 Å². The van der Waals surface area contributed by atoms with E-state index in [1.54, 1.807) is 12.3 Å². The number of hydrogen-bond acceptors (Lipinski definition) is 2. The number of halogens is 1. The van der Waals surface area contributed by atoms with Gasteiger partial charge >= 0.3 is 0 Å². The SMILES string of the molecule is CCCC(N)C(O)c1c[nH]c2ccc(F)cc12. The average molecular weight is 236 g/mol. The molecule has 1 heterocycles. The lowest BCUT2D eigenvalue weighted by atomic mass is 9.99. The second kappa shape index (κ2) is 4.85. The van der Waals surface area contributed by atoms with Gasteiger partial charge in [-0.25, -0.2) is 4.39 Å². The van der Waals surface area contributed by atoms with Gasteiger partial charge in [-0.1, -0.05) is 13.3 Å². The first-order valence-corrected chi connectivity index (χ1v) is 5.83. The smallest absolute Gasteiger partial charge is 0.123 e. The number of aromatic nitrogens is 1. The fraction of sp³-hybridized carbons (Fsp3) is 0.385. The molecular formula is C13H17FN2O. The highest BCUT2D eigenvalue weighted by Gasteiger charge is 2.19. The molecule has 0 bridgehead atoms. The molecular weight excluding hydrogens is 219 g/mol. The van der Waals surface area contributed by atoms with Crippen LogP contribution in [0.1, 0.15) is 31.4 Å². The third-order valence-electron chi connectivity index (χ3n) is 3.02. The van der Waals surface area contributed by atoms with Crippen LogP contribution in [0.25, 0.3) is 10.9 Å². The fourth-order valence-electron chi connectivity index (χ4n) is 2.08. The first-order valence-electron chi connectivity index (χ1n) is 5.83. The van der Waals surface area contributed by atoms with E-state index < -0.39 is 6.10 Å². The number of rotatable bonds is 4. The monoisotopic (exact) mass is 236 g/mol. The zero-order valence-corrected chi connectivity index (χ0v) is 9.78. The van der Waals surface area contributed by atoms with Gasteiger partial charge in [0.2, 0.25) is 0 Å². The standard InChI is InChI=1S/C13H17FN2O/c1-2-3-11(15)13(17)10-7-16-12-5-4-8(14)6-9(10)12/h4-7,11,13,16-17H,2-3,15H2,1H3. The Balaban J connectivity index is 2.38. The normalized spacial score (nSPS) is 15.1. The summed E-state index contributed by atoms with van der Waals surface area (Å²) in [5.41, 5.74) is 7.37. The van der Waals surface area contributed by atoms with Crippen LogP contribution in [0.5, 0.6) is 0 Å². The lowest BCUT2D eigenvalue weighted by Crippen LogP contribution is -2.27. The van der Waals surface area contributed by atoms with E-state index in [4.69, 9.17) is 5.73 Å². The van der Waals surface area contributed by atoms with Gasteiger partial charge in [-0.3, -0.25) is 0 Å². The minimum absolute atomic E-state index is 0.311. The summed E-state index contributed by atoms with van der Waals surface area (Å²) in [5.74, 6) is -0.311. The van der Waals surface area contributed by atoms with E-state index in [1.165, 1.54) is 12.1 Å². The van der Waals surface area contributed by atoms with Gasteiger partial charge in [0.1, 0.15) is 5.82 Å². The van der Waals surface area contributed by atoms with Crippen molar-refractivity contribution in [2.24, 2.45) is 5.73 Å². The number of fused-ring (bicyclic) bond motifs is 1. The number of aliphatic hydroxyl groups excluding tert-OH is 1. The predicted octanol–water partition coefficient (Wildman–Crippen LogP) is 2.47. The van der Waals surface area contributed by atoms with Gasteiger partial charge < -0.3 is 15.8 Å². The molecule has 2 rings (SSSR count). The molecule has 3 nitrogen and oxygen atoms in total. The van der Waals surface area contributed by atoms with Crippen molar-refractivity contribution in [1.82, 2.24) is 4.98 Å². The Labute approximate surface area is 99.4 Å². The van der Waals surface area contributed by atoms with Crippen molar-refractivity contribution in [3.8, 4) is 0 Å². The molecule has 4 heteroatoms. The van der Waals surface area contributed by atoms with E-state index in [0.717, 1.165) is 18.4 Å². The zero-order valence-electron chi connectivity index (χ0n) is 9.78. The summed E-state index contributed by atoms with van der Waals surface area (Å²) in [6, 6.07) is 4.15. The third kappa shape index (κ3) is 2.33. The van der Waals surface area contributed by atoms with Crippen LogP contribution < -0.4 is 5.73 Å². The van der Waals surface area contributed by atoms with Gasteiger partial charge in [0.25, 0.3) is 0 Å². The van der Waals surface area contributed by atoms with Gasteiger partial charge in [-0.05, 0) is 24.6 Å². The highest BCUT2D eigenvalue weighted by Crippen LogP contribution is 2.27. The number of hydrogen-bond donors (Lipinski definition) is 3. The summed E-state index contributed by atoms with van der Waals surface area (Å²) in [5, 5.41) is 10.8. The fourth-order valence-corrected chi connectivity index (χ4v) is 2.08. The average Bonchev–Trinajstić information content (AvgIpc) is 2.71. The Morgan fingerprint density at radius 2 is 2.24 bits per heavy atom. The van der Waals surface area contributed by atoms with Crippen molar-refractivity contribution in [3.63, 3.8) is 0 Å². The Bertz CT molecular complexity index is 509. The summed E-state index contributed by atoms with van der Waals surface area (Å²) in [6.45, 7) is 2.02. The van der Waals surface area contributed by atoms with Gasteiger partial charge in [-0.15, -0.1) is 0 Å². The van der Waals surface area contributed by atoms with Crippen LogP contribution in [0, 0.1) is 5.82 Å². The molecule has 2 atom stereocenters. The van der Waals surface area contributed by atoms with Crippen LogP contribution >= 0.6 is 0 Å². The number of aromatic amines is 1. The van der Waals surface area contributed by atoms with Gasteiger partial charge in [0.05, 0.1) is 6.10 Å². The number of H-pyrrole nitrogens is 1. The summed E-state index contributed by atoms with van der Waals surface area (Å²) in [7, 11) is 0. The minimum atomic E-state index is -0.759. The van der Waals surface area contributed by atoms with E-state index in [2.05, 4.69) is 4.98 Å². The number of benzene rings is 1. The second-order valence-electron chi connectivity index (χ2n) is 4.33. The molecule has 2 unspecified atom stereocenters. The van der Waals surface area contributed by atoms with Crippen LogP contribution in [-0.4, -0.2) is 16.1 Å². The van der Waals surface area contributed by atoms with Crippen molar-refractivity contribution in [2.75, 3.05) is 0 Å². The summed E-state index contributed by atoms with van der Waals surface area (Å²) < 4.78 is 13.2. The molecule has 0 radical (unpaired) electrons. The first-order chi connectivity index (χ1) is 8.13. The van der Waals surface area contributed by atoms with Crippen LogP contribution in [0.15, 0.2) is 24.4 Å². The Hall–Kier alpha value is -1.39. The molecule has 92 valence electrons. The van der Waals surface area contributed by atoms with E-state index in [9.17, 15) is 9.50 Å². The molecule has 0 amide bonds. The number of aliphatic hydroxyl groups is 1. The molecule has 0 saturated carbocycles. The number of nitrogens with two attached hydrogens (primary N) is 1. The van der Waals surface area contributed by atoms with Crippen LogP contribution in [0.3, 0.4) is 0 Å². The Morgan fingerprint density at radius 3 is 2.94 bits per heavy atom. The third-order valence-corrected chi connectivity index (χ3v) is 3.02. The van der Waals surface area contributed by atoms with Crippen LogP contribution in [0.4, 0.5) is 4.39 Å². The first kappa shape index (κ1) is 12.1. The lowest BCUT2D eigenvalue weighted by molar-refractivity contribution is 0.143. The maximum atomic E-state index is 13.2. The minimum Gasteiger partial charge on any atom is -0.387 e. The van der Waals surface area contributed by atoms with Crippen molar-refractivity contribution in [2.45, 2.75) is 31.9 Å². The Kier molecular flexibility index (Phi) is 3.45. The maximum absolute atomic E-state index is 13.2. The van der Waals surface area contributed by atoms with Crippen molar-refractivity contribution >= 4 is 10.9 Å². The lowest BCUT2D eigenvalue weighted by Gasteiger charge is -2.17. The molecule has 0 saturated heterocycles. The molecule has 1 aromatic carbocycles. The van der Waals surface area contributed by atoms with Gasteiger partial charge in [0, 0.05) is 28.7 Å². The molecule has 0 spiro atoms. The summed E-state index contributed by atoms with van der Waals surface area (Å²) >= 11 is 0. The largest absolute Gasteiger partial charge is 0.387 e. The summed E-state index contributed by atoms with van der Waals surface area (Å²) in [4.78, 5) is 3.01. The molecule has 4 N–H and O–H groups in total. The van der Waals surface area contributed by atoms with E-state index >= 15 is 0 Å². The molecule has 1 aromatic heterocycles. The second-order valence-corrected chi connectivity index (χ2v) is 4.33. The number of nitrogens with one attached hydrogen (secondary N) is 1. The quantitative estimate of drug-likeness (QED) is 0.763. The topological polar surface area (TPSA) is 62.0 Å². The van der Waals surface area contributed by atoms with Crippen LogP contribution in [-0.2, 0) is 0 Å². The van der Waals surface area contributed by atoms with Crippen LogP contribution in [0.2, 0.25) is 0 Å². The van der Waals surface area contributed by atoms with Gasteiger partial charge in [0.15, 0.2) is 0 Å². The molecule has 0 fully saturated rings. The molecule has 0 aliphatic heterocycles.